The molecule has 1 aliphatic rings. The highest BCUT2D eigenvalue weighted by Gasteiger charge is 2.06. The summed E-state index contributed by atoms with van der Waals surface area (Å²) in [5.74, 6) is 0.862. The van der Waals surface area contributed by atoms with Crippen LogP contribution in [-0.4, -0.2) is 38.1 Å². The summed E-state index contributed by atoms with van der Waals surface area (Å²) in [7, 11) is 2.21. The molecule has 1 saturated heterocycles. The second-order valence-corrected chi connectivity index (χ2v) is 3.75. The van der Waals surface area contributed by atoms with Crippen molar-refractivity contribution in [3.05, 3.63) is 0 Å². The Kier molecular flexibility index (Phi) is 3.87. The average Bonchev–Trinajstić information content (AvgIpc) is 2.04. The second-order valence-electron chi connectivity index (χ2n) is 3.75. The summed E-state index contributed by atoms with van der Waals surface area (Å²) < 4.78 is 0. The van der Waals surface area contributed by atoms with Crippen molar-refractivity contribution < 1.29 is 0 Å². The number of rotatable bonds is 0. The van der Waals surface area contributed by atoms with Gasteiger partial charge in [-0.25, -0.2) is 0 Å². The Morgan fingerprint density at radius 2 is 2.18 bits per heavy atom. The molecule has 0 bridgehead atoms. The van der Waals surface area contributed by atoms with Gasteiger partial charge in [0.2, 0.25) is 0 Å². The highest BCUT2D eigenvalue weighted by Crippen LogP contribution is 2.05. The minimum Gasteiger partial charge on any atom is -0.315 e. The highest BCUT2D eigenvalue weighted by atomic mass is 15.1. The first kappa shape index (κ1) is 9.01. The molecule has 1 aliphatic heterocycles. The molecule has 11 heavy (non-hydrogen) atoms. The maximum absolute atomic E-state index is 3.47. The van der Waals surface area contributed by atoms with Crippen LogP contribution in [0, 0.1) is 5.92 Å². The Morgan fingerprint density at radius 3 is 3.00 bits per heavy atom. The summed E-state index contributed by atoms with van der Waals surface area (Å²) in [6.45, 7) is 7.16. The van der Waals surface area contributed by atoms with Crippen LogP contribution in [0.3, 0.4) is 0 Å². The van der Waals surface area contributed by atoms with Crippen LogP contribution >= 0.6 is 0 Å². The SMILES string of the molecule is CC1CCCN(C)CCNC1. The Balaban J connectivity index is 2.24. The van der Waals surface area contributed by atoms with E-state index in [0.29, 0.717) is 0 Å². The van der Waals surface area contributed by atoms with Crippen LogP contribution in [0.15, 0.2) is 0 Å². The lowest BCUT2D eigenvalue weighted by Gasteiger charge is -2.14. The third kappa shape index (κ3) is 3.73. The standard InChI is InChI=1S/C9H20N2/c1-9-4-3-6-11(2)7-5-10-8-9/h9-10H,3-8H2,1-2H3. The molecule has 0 radical (unpaired) electrons. The van der Waals surface area contributed by atoms with E-state index < -0.39 is 0 Å². The fraction of sp³-hybridized carbons (Fsp3) is 1.00. The number of hydrogen-bond acceptors (Lipinski definition) is 2. The lowest BCUT2D eigenvalue weighted by molar-refractivity contribution is 0.332. The first-order valence-electron chi connectivity index (χ1n) is 4.68. The molecule has 1 atom stereocenters. The molecule has 2 nitrogen and oxygen atoms in total. The molecular formula is C9H20N2. The van der Waals surface area contributed by atoms with Gasteiger partial charge in [-0.05, 0) is 38.9 Å². The van der Waals surface area contributed by atoms with Gasteiger partial charge in [0.1, 0.15) is 0 Å². The van der Waals surface area contributed by atoms with Gasteiger partial charge in [0, 0.05) is 13.1 Å². The summed E-state index contributed by atoms with van der Waals surface area (Å²) in [4.78, 5) is 2.41. The zero-order valence-corrected chi connectivity index (χ0v) is 7.77. The first-order chi connectivity index (χ1) is 5.29. The quantitative estimate of drug-likeness (QED) is 0.561. The van der Waals surface area contributed by atoms with Gasteiger partial charge in [0.15, 0.2) is 0 Å². The predicted molar refractivity (Wildman–Crippen MR) is 48.8 cm³/mol. The van der Waals surface area contributed by atoms with Crippen molar-refractivity contribution >= 4 is 0 Å². The summed E-state index contributed by atoms with van der Waals surface area (Å²) in [6.07, 6.45) is 2.73. The van der Waals surface area contributed by atoms with E-state index >= 15 is 0 Å². The molecular weight excluding hydrogens is 136 g/mol. The smallest absolute Gasteiger partial charge is 0.0104 e. The first-order valence-corrected chi connectivity index (χ1v) is 4.68. The van der Waals surface area contributed by atoms with Gasteiger partial charge in [-0.2, -0.15) is 0 Å². The van der Waals surface area contributed by atoms with Crippen molar-refractivity contribution in [2.45, 2.75) is 19.8 Å². The van der Waals surface area contributed by atoms with Crippen LogP contribution in [0.25, 0.3) is 0 Å². The van der Waals surface area contributed by atoms with Gasteiger partial charge in [-0.3, -0.25) is 0 Å². The topological polar surface area (TPSA) is 15.3 Å². The third-order valence-corrected chi connectivity index (χ3v) is 2.40. The van der Waals surface area contributed by atoms with Gasteiger partial charge in [-0.1, -0.05) is 6.92 Å². The summed E-state index contributed by atoms with van der Waals surface area (Å²) in [6, 6.07) is 0. The largest absolute Gasteiger partial charge is 0.315 e. The molecule has 0 aromatic rings. The van der Waals surface area contributed by atoms with E-state index in [1.54, 1.807) is 0 Å². The summed E-state index contributed by atoms with van der Waals surface area (Å²) >= 11 is 0. The van der Waals surface area contributed by atoms with E-state index in [2.05, 4.69) is 24.2 Å². The van der Waals surface area contributed by atoms with Gasteiger partial charge < -0.3 is 10.2 Å². The van der Waals surface area contributed by atoms with Gasteiger partial charge in [0.05, 0.1) is 0 Å². The normalized spacial score (nSPS) is 30.5. The van der Waals surface area contributed by atoms with Crippen LogP contribution in [0.5, 0.6) is 0 Å². The molecule has 0 aromatic heterocycles. The van der Waals surface area contributed by atoms with Crippen molar-refractivity contribution in [1.29, 1.82) is 0 Å². The van der Waals surface area contributed by atoms with E-state index in [4.69, 9.17) is 0 Å². The fourth-order valence-corrected chi connectivity index (χ4v) is 1.54. The van der Waals surface area contributed by atoms with Gasteiger partial charge in [0.25, 0.3) is 0 Å². The lowest BCUT2D eigenvalue weighted by atomic mass is 10.1. The summed E-state index contributed by atoms with van der Waals surface area (Å²) in [5.41, 5.74) is 0. The number of likely N-dealkylation sites (N-methyl/N-ethyl adjacent to an activating group) is 1. The molecule has 0 amide bonds. The van der Waals surface area contributed by atoms with Crippen molar-refractivity contribution in [3.63, 3.8) is 0 Å². The second kappa shape index (κ2) is 4.73. The lowest BCUT2D eigenvalue weighted by Crippen LogP contribution is -2.29. The van der Waals surface area contributed by atoms with Crippen molar-refractivity contribution in [1.82, 2.24) is 10.2 Å². The van der Waals surface area contributed by atoms with Crippen LogP contribution in [0.2, 0.25) is 0 Å². The molecule has 1 N–H and O–H groups in total. The highest BCUT2D eigenvalue weighted by molar-refractivity contribution is 4.63. The fourth-order valence-electron chi connectivity index (χ4n) is 1.54. The molecule has 1 rings (SSSR count). The van der Waals surface area contributed by atoms with E-state index in [0.717, 1.165) is 12.5 Å². The van der Waals surface area contributed by atoms with Crippen molar-refractivity contribution in [2.24, 2.45) is 5.92 Å². The number of nitrogens with zero attached hydrogens (tertiary/aromatic N) is 1. The molecule has 1 fully saturated rings. The molecule has 0 aliphatic carbocycles. The minimum absolute atomic E-state index is 0.862. The van der Waals surface area contributed by atoms with Gasteiger partial charge >= 0.3 is 0 Å². The maximum Gasteiger partial charge on any atom is 0.0104 e. The van der Waals surface area contributed by atoms with Crippen molar-refractivity contribution in [3.8, 4) is 0 Å². The predicted octanol–water partition coefficient (Wildman–Crippen LogP) is 0.938. The van der Waals surface area contributed by atoms with E-state index in [-0.39, 0.29) is 0 Å². The molecule has 1 heterocycles. The molecule has 1 unspecified atom stereocenters. The monoisotopic (exact) mass is 156 g/mol. The summed E-state index contributed by atoms with van der Waals surface area (Å²) in [5, 5.41) is 3.47. The number of hydrogen-bond donors (Lipinski definition) is 1. The van der Waals surface area contributed by atoms with E-state index in [9.17, 15) is 0 Å². The Bertz CT molecular complexity index is 91.7. The van der Waals surface area contributed by atoms with Crippen LogP contribution in [0.4, 0.5) is 0 Å². The van der Waals surface area contributed by atoms with E-state index in [1.807, 2.05) is 0 Å². The Labute approximate surface area is 70.0 Å². The maximum atomic E-state index is 3.47. The van der Waals surface area contributed by atoms with Crippen molar-refractivity contribution in [2.75, 3.05) is 33.2 Å². The van der Waals surface area contributed by atoms with E-state index in [1.165, 1.54) is 32.5 Å². The molecule has 0 aromatic carbocycles. The molecule has 2 heteroatoms. The zero-order valence-electron chi connectivity index (χ0n) is 7.77. The third-order valence-electron chi connectivity index (χ3n) is 2.40. The van der Waals surface area contributed by atoms with Crippen LogP contribution in [0.1, 0.15) is 19.8 Å². The average molecular weight is 156 g/mol. The van der Waals surface area contributed by atoms with Crippen LogP contribution in [-0.2, 0) is 0 Å². The zero-order chi connectivity index (χ0) is 8.10. The molecule has 0 saturated carbocycles. The molecule has 66 valence electrons. The number of nitrogens with one attached hydrogen (secondary N) is 1. The Hall–Kier alpha value is -0.0800. The van der Waals surface area contributed by atoms with Gasteiger partial charge in [-0.15, -0.1) is 0 Å². The van der Waals surface area contributed by atoms with Crippen LogP contribution < -0.4 is 5.32 Å². The Morgan fingerprint density at radius 1 is 1.36 bits per heavy atom. The molecule has 0 spiro atoms. The minimum atomic E-state index is 0.862.